The lowest BCUT2D eigenvalue weighted by molar-refractivity contribution is 0.0950. The molecule has 5 heteroatoms. The van der Waals surface area contributed by atoms with Gasteiger partial charge in [0.25, 0.3) is 5.91 Å². The first kappa shape index (κ1) is 15.4. The van der Waals surface area contributed by atoms with Crippen LogP contribution in [0.5, 0.6) is 0 Å². The van der Waals surface area contributed by atoms with Crippen LogP contribution in [0.3, 0.4) is 0 Å². The molecule has 114 valence electrons. The molecule has 21 heavy (non-hydrogen) atoms. The Morgan fingerprint density at radius 1 is 1.29 bits per heavy atom. The quantitative estimate of drug-likeness (QED) is 0.343. The van der Waals surface area contributed by atoms with E-state index in [1.807, 2.05) is 0 Å². The molecule has 0 aromatic heterocycles. The predicted molar refractivity (Wildman–Crippen MR) is 82.3 cm³/mol. The van der Waals surface area contributed by atoms with Crippen molar-refractivity contribution in [2.45, 2.75) is 27.7 Å². The van der Waals surface area contributed by atoms with E-state index in [9.17, 15) is 4.79 Å². The standard InChI is InChI=1S/C16H23N3O2/c1-15(2)12(16(15,3)4)9-18-14(20)11-7-5-6-10(8-11)13(17)19-21/h5-8,12,21H,9H2,1-4H3,(H2,17,19)(H,18,20). The molecule has 0 saturated heterocycles. The molecular weight excluding hydrogens is 266 g/mol. The molecule has 0 heterocycles. The Labute approximate surface area is 125 Å². The van der Waals surface area contributed by atoms with Crippen molar-refractivity contribution in [3.8, 4) is 0 Å². The molecular formula is C16H23N3O2. The predicted octanol–water partition coefficient (Wildman–Crippen LogP) is 2.19. The van der Waals surface area contributed by atoms with Crippen molar-refractivity contribution in [3.63, 3.8) is 0 Å². The summed E-state index contributed by atoms with van der Waals surface area (Å²) in [7, 11) is 0. The summed E-state index contributed by atoms with van der Waals surface area (Å²) in [5.41, 5.74) is 7.06. The van der Waals surface area contributed by atoms with Crippen molar-refractivity contribution >= 4 is 11.7 Å². The van der Waals surface area contributed by atoms with Crippen molar-refractivity contribution in [1.29, 1.82) is 0 Å². The summed E-state index contributed by atoms with van der Waals surface area (Å²) in [5, 5.41) is 14.6. The Hall–Kier alpha value is -2.04. The monoisotopic (exact) mass is 289 g/mol. The molecule has 5 nitrogen and oxygen atoms in total. The number of nitrogens with one attached hydrogen (secondary N) is 1. The van der Waals surface area contributed by atoms with E-state index in [4.69, 9.17) is 10.9 Å². The molecule has 0 atom stereocenters. The van der Waals surface area contributed by atoms with Crippen LogP contribution in [0.1, 0.15) is 43.6 Å². The minimum atomic E-state index is -0.138. The molecule has 4 N–H and O–H groups in total. The van der Waals surface area contributed by atoms with E-state index in [0.29, 0.717) is 23.6 Å². The van der Waals surface area contributed by atoms with Gasteiger partial charge in [-0.15, -0.1) is 0 Å². The number of rotatable bonds is 4. The lowest BCUT2D eigenvalue weighted by atomic mass is 10.0. The van der Waals surface area contributed by atoms with E-state index >= 15 is 0 Å². The van der Waals surface area contributed by atoms with E-state index in [1.165, 1.54) is 0 Å². The second-order valence-corrected chi connectivity index (χ2v) is 6.77. The summed E-state index contributed by atoms with van der Waals surface area (Å²) in [6, 6.07) is 6.74. The first-order valence-corrected chi connectivity index (χ1v) is 7.08. The molecule has 1 aromatic carbocycles. The van der Waals surface area contributed by atoms with Gasteiger partial charge >= 0.3 is 0 Å². The van der Waals surface area contributed by atoms with Crippen molar-refractivity contribution in [2.24, 2.45) is 27.6 Å². The number of oxime groups is 1. The van der Waals surface area contributed by atoms with E-state index in [2.05, 4.69) is 38.2 Å². The first-order chi connectivity index (χ1) is 9.71. The highest BCUT2D eigenvalue weighted by atomic mass is 16.4. The molecule has 0 aliphatic heterocycles. The van der Waals surface area contributed by atoms with Crippen LogP contribution >= 0.6 is 0 Å². The lowest BCUT2D eigenvalue weighted by Gasteiger charge is -2.07. The zero-order valence-electron chi connectivity index (χ0n) is 13.0. The fourth-order valence-electron chi connectivity index (χ4n) is 3.02. The van der Waals surface area contributed by atoms with Gasteiger partial charge in [0.05, 0.1) is 0 Å². The number of hydrogen-bond donors (Lipinski definition) is 3. The molecule has 1 aliphatic carbocycles. The SMILES string of the molecule is CC1(C)C(CNC(=O)c2cccc(C(N)=NO)c2)C1(C)C. The Kier molecular flexibility index (Phi) is 3.70. The molecule has 1 fully saturated rings. The van der Waals surface area contributed by atoms with Crippen molar-refractivity contribution in [3.05, 3.63) is 35.4 Å². The van der Waals surface area contributed by atoms with Gasteiger partial charge in [0.1, 0.15) is 0 Å². The molecule has 1 saturated carbocycles. The third kappa shape index (κ3) is 2.60. The first-order valence-electron chi connectivity index (χ1n) is 7.08. The molecule has 1 aromatic rings. The number of nitrogens with two attached hydrogens (primary N) is 1. The Morgan fingerprint density at radius 2 is 1.86 bits per heavy atom. The normalized spacial score (nSPS) is 20.1. The summed E-state index contributed by atoms with van der Waals surface area (Å²) < 4.78 is 0. The molecule has 0 bridgehead atoms. The van der Waals surface area contributed by atoms with E-state index < -0.39 is 0 Å². The summed E-state index contributed by atoms with van der Waals surface area (Å²) >= 11 is 0. The highest BCUT2D eigenvalue weighted by Crippen LogP contribution is 2.67. The van der Waals surface area contributed by atoms with Crippen molar-refractivity contribution in [2.75, 3.05) is 6.54 Å². The van der Waals surface area contributed by atoms with Gasteiger partial charge in [-0.05, 0) is 28.9 Å². The maximum atomic E-state index is 12.2. The van der Waals surface area contributed by atoms with Gasteiger partial charge in [0.15, 0.2) is 5.84 Å². The molecule has 1 aliphatic rings. The van der Waals surface area contributed by atoms with Crippen molar-refractivity contribution in [1.82, 2.24) is 5.32 Å². The number of nitrogens with zero attached hydrogens (tertiary/aromatic N) is 1. The number of benzene rings is 1. The third-order valence-corrected chi connectivity index (χ3v) is 5.31. The zero-order chi connectivity index (χ0) is 15.8. The van der Waals surface area contributed by atoms with Gasteiger partial charge in [0.2, 0.25) is 0 Å². The van der Waals surface area contributed by atoms with Crippen LogP contribution in [0.4, 0.5) is 0 Å². The summed E-state index contributed by atoms with van der Waals surface area (Å²) in [6.07, 6.45) is 0. The Morgan fingerprint density at radius 3 is 2.38 bits per heavy atom. The maximum absolute atomic E-state index is 12.2. The van der Waals surface area contributed by atoms with Gasteiger partial charge in [-0.1, -0.05) is 45.0 Å². The van der Waals surface area contributed by atoms with Crippen LogP contribution in [0.15, 0.2) is 29.4 Å². The van der Waals surface area contributed by atoms with Gasteiger partial charge < -0.3 is 16.3 Å². The minimum Gasteiger partial charge on any atom is -0.409 e. The number of amides is 1. The number of carbonyl (C=O) groups excluding carboxylic acids is 1. The van der Waals surface area contributed by atoms with Crippen LogP contribution in [-0.4, -0.2) is 23.5 Å². The highest BCUT2D eigenvalue weighted by molar-refractivity contribution is 6.01. The fourth-order valence-corrected chi connectivity index (χ4v) is 3.02. The van der Waals surface area contributed by atoms with Gasteiger partial charge in [-0.25, -0.2) is 0 Å². The smallest absolute Gasteiger partial charge is 0.251 e. The van der Waals surface area contributed by atoms with Crippen LogP contribution in [0.25, 0.3) is 0 Å². The van der Waals surface area contributed by atoms with Gasteiger partial charge in [0, 0.05) is 17.7 Å². The molecule has 0 spiro atoms. The minimum absolute atomic E-state index is 0.00545. The Balaban J connectivity index is 2.02. The summed E-state index contributed by atoms with van der Waals surface area (Å²) in [5.74, 6) is 0.330. The molecule has 2 rings (SSSR count). The van der Waals surface area contributed by atoms with Crippen LogP contribution in [-0.2, 0) is 0 Å². The maximum Gasteiger partial charge on any atom is 0.251 e. The molecule has 0 radical (unpaired) electrons. The largest absolute Gasteiger partial charge is 0.409 e. The van der Waals surface area contributed by atoms with Crippen LogP contribution < -0.4 is 11.1 Å². The third-order valence-electron chi connectivity index (χ3n) is 5.31. The van der Waals surface area contributed by atoms with E-state index in [0.717, 1.165) is 0 Å². The number of carbonyl (C=O) groups is 1. The van der Waals surface area contributed by atoms with E-state index in [1.54, 1.807) is 24.3 Å². The fraction of sp³-hybridized carbons (Fsp3) is 0.500. The summed E-state index contributed by atoms with van der Waals surface area (Å²) in [4.78, 5) is 12.2. The zero-order valence-corrected chi connectivity index (χ0v) is 13.0. The topological polar surface area (TPSA) is 87.7 Å². The average Bonchev–Trinajstić information content (AvgIpc) is 2.85. The highest BCUT2D eigenvalue weighted by Gasteiger charge is 2.64. The Bertz CT molecular complexity index is 577. The number of hydrogen-bond acceptors (Lipinski definition) is 3. The van der Waals surface area contributed by atoms with E-state index in [-0.39, 0.29) is 22.6 Å². The van der Waals surface area contributed by atoms with Gasteiger partial charge in [-0.2, -0.15) is 0 Å². The second kappa shape index (κ2) is 5.06. The van der Waals surface area contributed by atoms with Crippen LogP contribution in [0, 0.1) is 16.7 Å². The summed E-state index contributed by atoms with van der Waals surface area (Å²) in [6.45, 7) is 9.56. The number of amidine groups is 1. The van der Waals surface area contributed by atoms with Crippen molar-refractivity contribution < 1.29 is 10.0 Å². The van der Waals surface area contributed by atoms with Gasteiger partial charge in [-0.3, -0.25) is 4.79 Å². The second-order valence-electron chi connectivity index (χ2n) is 6.77. The molecule has 0 unspecified atom stereocenters. The lowest BCUT2D eigenvalue weighted by Crippen LogP contribution is -2.27. The average molecular weight is 289 g/mol. The van der Waals surface area contributed by atoms with Crippen LogP contribution in [0.2, 0.25) is 0 Å². The molecule has 1 amide bonds.